The number of anilines is 2. The summed E-state index contributed by atoms with van der Waals surface area (Å²) < 4.78 is 12.4. The van der Waals surface area contributed by atoms with Gasteiger partial charge in [-0.25, -0.2) is 9.98 Å². The first-order valence-electron chi connectivity index (χ1n) is 19.9. The highest BCUT2D eigenvalue weighted by atomic mass is 16.5. The number of ether oxygens (including phenoxy) is 2. The van der Waals surface area contributed by atoms with Gasteiger partial charge in [0.05, 0.1) is 12.1 Å². The van der Waals surface area contributed by atoms with Crippen LogP contribution in [-0.4, -0.2) is 48.8 Å². The van der Waals surface area contributed by atoms with Gasteiger partial charge in [-0.15, -0.1) is 0 Å². The standard InChI is InChI=1S/C41H62N6O2/c1-31(49-39-28-24-37(25-29-39)47-41(44-34-18-10-4-11-19-34)45-35-20-12-5-13-21-35)30-48-38-26-22-36(23-27-38)46-40(42-32-14-6-2-7-15-32)43-33-16-8-3-9-17-33/h22-29,31-35H,2-21,30H2,1H3,(H2,42,43,46)(H2,44,45,47). The number of guanidine groups is 2. The third kappa shape index (κ3) is 12.1. The summed E-state index contributed by atoms with van der Waals surface area (Å²) in [6.45, 7) is 2.52. The van der Waals surface area contributed by atoms with Gasteiger partial charge in [0.15, 0.2) is 11.9 Å². The highest BCUT2D eigenvalue weighted by molar-refractivity contribution is 5.94. The van der Waals surface area contributed by atoms with Gasteiger partial charge in [0.2, 0.25) is 0 Å². The van der Waals surface area contributed by atoms with Gasteiger partial charge in [-0.2, -0.15) is 0 Å². The molecule has 4 fully saturated rings. The Hall–Kier alpha value is -3.42. The van der Waals surface area contributed by atoms with Gasteiger partial charge in [0.25, 0.3) is 0 Å². The van der Waals surface area contributed by atoms with Gasteiger partial charge < -0.3 is 30.7 Å². The second-order valence-corrected chi connectivity index (χ2v) is 15.0. The Labute approximate surface area is 295 Å². The van der Waals surface area contributed by atoms with E-state index >= 15 is 0 Å². The fraction of sp³-hybridized carbons (Fsp3) is 0.659. The maximum atomic E-state index is 6.22. The van der Waals surface area contributed by atoms with Crippen LogP contribution in [-0.2, 0) is 0 Å². The van der Waals surface area contributed by atoms with E-state index in [0.29, 0.717) is 30.8 Å². The van der Waals surface area contributed by atoms with Crippen LogP contribution in [0, 0.1) is 0 Å². The molecule has 0 heterocycles. The molecule has 1 unspecified atom stereocenters. The minimum Gasteiger partial charge on any atom is -0.490 e. The SMILES string of the molecule is CC(COc1ccc(NC(=NC2CCCCC2)NC2CCCCC2)cc1)Oc1ccc(NC(=NC2CCCCC2)NC2CCCCC2)cc1. The predicted molar refractivity (Wildman–Crippen MR) is 204 cm³/mol. The summed E-state index contributed by atoms with van der Waals surface area (Å²) in [4.78, 5) is 10.3. The van der Waals surface area contributed by atoms with Crippen LogP contribution in [0.2, 0.25) is 0 Å². The van der Waals surface area contributed by atoms with Crippen LogP contribution >= 0.6 is 0 Å². The molecule has 6 rings (SSSR count). The Morgan fingerprint density at radius 1 is 0.551 bits per heavy atom. The lowest BCUT2D eigenvalue weighted by molar-refractivity contribution is 0.143. The van der Waals surface area contributed by atoms with Crippen molar-refractivity contribution in [3.8, 4) is 11.5 Å². The van der Waals surface area contributed by atoms with E-state index in [-0.39, 0.29) is 6.10 Å². The molecule has 0 amide bonds. The molecule has 0 radical (unpaired) electrons. The van der Waals surface area contributed by atoms with E-state index in [4.69, 9.17) is 19.5 Å². The Morgan fingerprint density at radius 2 is 0.939 bits per heavy atom. The molecular weight excluding hydrogens is 608 g/mol. The van der Waals surface area contributed by atoms with Gasteiger partial charge in [-0.05, 0) is 107 Å². The van der Waals surface area contributed by atoms with Gasteiger partial charge in [0.1, 0.15) is 24.2 Å². The second-order valence-electron chi connectivity index (χ2n) is 15.0. The fourth-order valence-corrected chi connectivity index (χ4v) is 7.88. The number of nitrogens with zero attached hydrogens (tertiary/aromatic N) is 2. The van der Waals surface area contributed by atoms with Crippen molar-refractivity contribution < 1.29 is 9.47 Å². The molecule has 4 aliphatic rings. The van der Waals surface area contributed by atoms with E-state index in [2.05, 4.69) is 52.5 Å². The van der Waals surface area contributed by atoms with Crippen molar-refractivity contribution in [2.45, 2.75) is 166 Å². The normalized spacial score (nSPS) is 21.5. The first-order valence-corrected chi connectivity index (χ1v) is 19.9. The second kappa shape index (κ2) is 19.1. The number of hydrogen-bond acceptors (Lipinski definition) is 4. The van der Waals surface area contributed by atoms with Gasteiger partial charge in [-0.3, -0.25) is 0 Å². The smallest absolute Gasteiger partial charge is 0.196 e. The van der Waals surface area contributed by atoms with Gasteiger partial charge >= 0.3 is 0 Å². The molecule has 2 aromatic carbocycles. The van der Waals surface area contributed by atoms with E-state index in [9.17, 15) is 0 Å². The molecule has 4 saturated carbocycles. The quantitative estimate of drug-likeness (QED) is 0.141. The van der Waals surface area contributed by atoms with Gasteiger partial charge in [0, 0.05) is 23.5 Å². The highest BCUT2D eigenvalue weighted by Gasteiger charge is 2.20. The average Bonchev–Trinajstić information content (AvgIpc) is 3.14. The van der Waals surface area contributed by atoms with Crippen molar-refractivity contribution in [1.82, 2.24) is 10.6 Å². The van der Waals surface area contributed by atoms with Crippen LogP contribution in [0.3, 0.4) is 0 Å². The Bertz CT molecular complexity index is 1290. The molecule has 0 saturated heterocycles. The molecule has 2 aromatic rings. The van der Waals surface area contributed by atoms with Crippen LogP contribution in [0.15, 0.2) is 58.5 Å². The van der Waals surface area contributed by atoms with Crippen LogP contribution in [0.5, 0.6) is 11.5 Å². The van der Waals surface area contributed by atoms with Crippen molar-refractivity contribution in [3.05, 3.63) is 48.5 Å². The van der Waals surface area contributed by atoms with Gasteiger partial charge in [-0.1, -0.05) is 77.0 Å². The van der Waals surface area contributed by atoms with E-state index < -0.39 is 0 Å². The number of aliphatic imine (C=N–C) groups is 2. The zero-order valence-electron chi connectivity index (χ0n) is 30.1. The number of nitrogens with one attached hydrogen (secondary N) is 4. The Morgan fingerprint density at radius 3 is 1.37 bits per heavy atom. The van der Waals surface area contributed by atoms with E-state index in [1.54, 1.807) is 0 Å². The summed E-state index contributed by atoms with van der Waals surface area (Å²) in [5.41, 5.74) is 2.06. The lowest BCUT2D eigenvalue weighted by Gasteiger charge is -2.27. The van der Waals surface area contributed by atoms with Crippen molar-refractivity contribution in [2.24, 2.45) is 9.98 Å². The minimum absolute atomic E-state index is 0.0954. The summed E-state index contributed by atoms with van der Waals surface area (Å²) in [7, 11) is 0. The third-order valence-electron chi connectivity index (χ3n) is 10.7. The summed E-state index contributed by atoms with van der Waals surface area (Å²) >= 11 is 0. The largest absolute Gasteiger partial charge is 0.490 e. The lowest BCUT2D eigenvalue weighted by atomic mass is 9.95. The van der Waals surface area contributed by atoms with E-state index in [1.807, 2.05) is 24.3 Å². The highest BCUT2D eigenvalue weighted by Crippen LogP contribution is 2.25. The van der Waals surface area contributed by atoms with Crippen LogP contribution in [0.4, 0.5) is 11.4 Å². The molecular formula is C41H62N6O2. The third-order valence-corrected chi connectivity index (χ3v) is 10.7. The molecule has 1 atom stereocenters. The predicted octanol–water partition coefficient (Wildman–Crippen LogP) is 9.58. The number of hydrogen-bond donors (Lipinski definition) is 4. The summed E-state index contributed by atoms with van der Waals surface area (Å²) in [5.74, 6) is 3.54. The maximum Gasteiger partial charge on any atom is 0.196 e. The topological polar surface area (TPSA) is 91.3 Å². The maximum absolute atomic E-state index is 6.22. The number of rotatable bonds is 11. The van der Waals surface area contributed by atoms with E-state index in [1.165, 1.54) is 128 Å². The Kier molecular flexibility index (Phi) is 13.8. The zero-order chi connectivity index (χ0) is 33.5. The molecule has 4 aliphatic carbocycles. The molecule has 8 heteroatoms. The number of benzene rings is 2. The Balaban J connectivity index is 0.975. The average molecular weight is 671 g/mol. The van der Waals surface area contributed by atoms with E-state index in [0.717, 1.165) is 34.8 Å². The lowest BCUT2D eigenvalue weighted by Crippen LogP contribution is -2.41. The molecule has 49 heavy (non-hydrogen) atoms. The van der Waals surface area contributed by atoms with Crippen LogP contribution in [0.25, 0.3) is 0 Å². The molecule has 0 aromatic heterocycles. The van der Waals surface area contributed by atoms with Crippen molar-refractivity contribution in [1.29, 1.82) is 0 Å². The first-order chi connectivity index (χ1) is 24.1. The summed E-state index contributed by atoms with van der Waals surface area (Å²) in [5, 5.41) is 14.7. The molecule has 4 N–H and O–H groups in total. The molecule has 0 aliphatic heterocycles. The summed E-state index contributed by atoms with van der Waals surface area (Å²) in [6, 6.07) is 18.3. The van der Waals surface area contributed by atoms with Crippen LogP contribution < -0.4 is 30.7 Å². The molecule has 8 nitrogen and oxygen atoms in total. The summed E-state index contributed by atoms with van der Waals surface area (Å²) in [6.07, 6.45) is 25.4. The molecule has 268 valence electrons. The zero-order valence-corrected chi connectivity index (χ0v) is 30.1. The minimum atomic E-state index is -0.0954. The monoisotopic (exact) mass is 670 g/mol. The fourth-order valence-electron chi connectivity index (χ4n) is 7.88. The molecule has 0 spiro atoms. The van der Waals surface area contributed by atoms with Crippen molar-refractivity contribution in [2.75, 3.05) is 17.2 Å². The molecule has 0 bridgehead atoms. The van der Waals surface area contributed by atoms with Crippen molar-refractivity contribution >= 4 is 23.3 Å². The first kappa shape index (κ1) is 35.4. The van der Waals surface area contributed by atoms with Crippen molar-refractivity contribution in [3.63, 3.8) is 0 Å². The van der Waals surface area contributed by atoms with Crippen LogP contribution in [0.1, 0.15) is 135 Å².